The van der Waals surface area contributed by atoms with Crippen LogP contribution in [-0.2, 0) is 0 Å². The number of hydrogen-bond donors (Lipinski definition) is 1. The zero-order valence-corrected chi connectivity index (χ0v) is 12.1. The Balaban J connectivity index is 1.86. The molecule has 21 heavy (non-hydrogen) atoms. The third-order valence-electron chi connectivity index (χ3n) is 3.75. The van der Waals surface area contributed by atoms with Crippen molar-refractivity contribution in [3.05, 3.63) is 18.7 Å². The predicted molar refractivity (Wildman–Crippen MR) is 81.3 cm³/mol. The molecule has 0 unspecified atom stereocenters. The number of nitrogens with two attached hydrogens (primary N) is 1. The molecule has 7 heteroatoms. The van der Waals surface area contributed by atoms with E-state index >= 15 is 0 Å². The fourth-order valence-electron chi connectivity index (χ4n) is 2.63. The van der Waals surface area contributed by atoms with Crippen molar-refractivity contribution in [3.8, 4) is 5.95 Å². The van der Waals surface area contributed by atoms with Gasteiger partial charge in [0.1, 0.15) is 6.33 Å². The SMILES string of the molecule is Nc1nc(N2CCCCCCCC2)nc(-n2ccnc2)n1. The summed E-state index contributed by atoms with van der Waals surface area (Å²) >= 11 is 0. The second-order valence-electron chi connectivity index (χ2n) is 5.37. The van der Waals surface area contributed by atoms with Crippen molar-refractivity contribution >= 4 is 11.9 Å². The van der Waals surface area contributed by atoms with E-state index in [1.807, 2.05) is 0 Å². The highest BCUT2D eigenvalue weighted by Gasteiger charge is 2.14. The smallest absolute Gasteiger partial charge is 0.241 e. The number of aromatic nitrogens is 5. The minimum Gasteiger partial charge on any atom is -0.368 e. The van der Waals surface area contributed by atoms with Gasteiger partial charge >= 0.3 is 0 Å². The third kappa shape index (κ3) is 3.48. The molecule has 1 saturated heterocycles. The summed E-state index contributed by atoms with van der Waals surface area (Å²) in [5, 5.41) is 0. The molecule has 112 valence electrons. The van der Waals surface area contributed by atoms with Gasteiger partial charge in [0, 0.05) is 25.5 Å². The molecular formula is C14H21N7. The standard InChI is InChI=1S/C14H21N7/c15-12-17-13(19-14(18-12)21-10-7-16-11-21)20-8-5-3-1-2-4-6-9-20/h7,10-11H,1-6,8-9H2,(H2,15,17,18,19). The molecule has 0 aromatic carbocycles. The van der Waals surface area contributed by atoms with Crippen molar-refractivity contribution in [2.45, 2.75) is 38.5 Å². The number of rotatable bonds is 2. The normalized spacial score (nSPS) is 17.0. The molecule has 1 fully saturated rings. The van der Waals surface area contributed by atoms with Crippen molar-refractivity contribution < 1.29 is 0 Å². The Kier molecular flexibility index (Phi) is 4.28. The van der Waals surface area contributed by atoms with Crippen LogP contribution < -0.4 is 10.6 Å². The summed E-state index contributed by atoms with van der Waals surface area (Å²) in [7, 11) is 0. The van der Waals surface area contributed by atoms with E-state index in [1.54, 1.807) is 23.3 Å². The number of imidazole rings is 1. The monoisotopic (exact) mass is 287 g/mol. The number of nitrogen functional groups attached to an aromatic ring is 1. The van der Waals surface area contributed by atoms with Gasteiger partial charge in [-0.05, 0) is 12.8 Å². The van der Waals surface area contributed by atoms with E-state index in [-0.39, 0.29) is 5.95 Å². The highest BCUT2D eigenvalue weighted by molar-refractivity contribution is 5.37. The summed E-state index contributed by atoms with van der Waals surface area (Å²) in [6.07, 6.45) is 12.7. The molecule has 1 aliphatic heterocycles. The molecule has 0 atom stereocenters. The Morgan fingerprint density at radius 1 is 0.857 bits per heavy atom. The van der Waals surface area contributed by atoms with Gasteiger partial charge in [-0.15, -0.1) is 0 Å². The highest BCUT2D eigenvalue weighted by atomic mass is 15.3. The summed E-state index contributed by atoms with van der Waals surface area (Å²) in [5.74, 6) is 1.45. The van der Waals surface area contributed by atoms with E-state index in [0.29, 0.717) is 11.9 Å². The summed E-state index contributed by atoms with van der Waals surface area (Å²) in [5.41, 5.74) is 5.85. The lowest BCUT2D eigenvalue weighted by Gasteiger charge is -2.22. The van der Waals surface area contributed by atoms with Crippen LogP contribution in [0.1, 0.15) is 38.5 Å². The Hall–Kier alpha value is -2.18. The van der Waals surface area contributed by atoms with Gasteiger partial charge in [-0.25, -0.2) is 4.98 Å². The predicted octanol–water partition coefficient (Wildman–Crippen LogP) is 1.80. The van der Waals surface area contributed by atoms with Gasteiger partial charge in [0.25, 0.3) is 0 Å². The molecule has 3 heterocycles. The first-order valence-corrected chi connectivity index (χ1v) is 7.58. The fourth-order valence-corrected chi connectivity index (χ4v) is 2.63. The van der Waals surface area contributed by atoms with Crippen LogP contribution in [0.25, 0.3) is 5.95 Å². The molecule has 7 nitrogen and oxygen atoms in total. The zero-order valence-electron chi connectivity index (χ0n) is 12.1. The van der Waals surface area contributed by atoms with Crippen LogP contribution in [0.3, 0.4) is 0 Å². The minimum absolute atomic E-state index is 0.253. The molecule has 0 saturated carbocycles. The Morgan fingerprint density at radius 2 is 1.52 bits per heavy atom. The van der Waals surface area contributed by atoms with Gasteiger partial charge in [0.15, 0.2) is 0 Å². The second kappa shape index (κ2) is 6.51. The van der Waals surface area contributed by atoms with E-state index in [1.165, 1.54) is 38.5 Å². The van der Waals surface area contributed by atoms with Crippen molar-refractivity contribution in [3.63, 3.8) is 0 Å². The lowest BCUT2D eigenvalue weighted by atomic mass is 10.1. The topological polar surface area (TPSA) is 85.8 Å². The van der Waals surface area contributed by atoms with Crippen molar-refractivity contribution in [2.75, 3.05) is 23.7 Å². The maximum atomic E-state index is 5.85. The van der Waals surface area contributed by atoms with Crippen LogP contribution >= 0.6 is 0 Å². The Morgan fingerprint density at radius 3 is 2.19 bits per heavy atom. The van der Waals surface area contributed by atoms with Crippen LogP contribution in [0, 0.1) is 0 Å². The summed E-state index contributed by atoms with van der Waals surface area (Å²) in [6, 6.07) is 0. The van der Waals surface area contributed by atoms with Crippen LogP contribution in [0.2, 0.25) is 0 Å². The zero-order chi connectivity index (χ0) is 14.5. The molecule has 2 aromatic rings. The van der Waals surface area contributed by atoms with Gasteiger partial charge in [-0.3, -0.25) is 4.57 Å². The molecule has 0 radical (unpaired) electrons. The van der Waals surface area contributed by atoms with Crippen molar-refractivity contribution in [2.24, 2.45) is 0 Å². The van der Waals surface area contributed by atoms with E-state index in [9.17, 15) is 0 Å². The molecule has 2 aromatic heterocycles. The van der Waals surface area contributed by atoms with Crippen LogP contribution in [0.4, 0.5) is 11.9 Å². The average Bonchev–Trinajstić information content (AvgIpc) is 3.04. The number of nitrogens with zero attached hydrogens (tertiary/aromatic N) is 6. The molecule has 0 aliphatic carbocycles. The molecule has 3 rings (SSSR count). The van der Waals surface area contributed by atoms with E-state index in [4.69, 9.17) is 5.73 Å². The van der Waals surface area contributed by atoms with E-state index in [0.717, 1.165) is 13.1 Å². The third-order valence-corrected chi connectivity index (χ3v) is 3.75. The fraction of sp³-hybridized carbons (Fsp3) is 0.571. The summed E-state index contributed by atoms with van der Waals surface area (Å²) in [4.78, 5) is 19.3. The Labute approximate surface area is 124 Å². The Bertz CT molecular complexity index is 557. The maximum absolute atomic E-state index is 5.85. The van der Waals surface area contributed by atoms with Gasteiger partial charge in [0.2, 0.25) is 17.8 Å². The molecule has 0 spiro atoms. The summed E-state index contributed by atoms with van der Waals surface area (Å²) in [6.45, 7) is 1.96. The van der Waals surface area contributed by atoms with Crippen LogP contribution in [0.15, 0.2) is 18.7 Å². The number of anilines is 2. The maximum Gasteiger partial charge on any atom is 0.241 e. The van der Waals surface area contributed by atoms with Crippen LogP contribution in [-0.4, -0.2) is 37.6 Å². The molecule has 0 amide bonds. The largest absolute Gasteiger partial charge is 0.368 e. The lowest BCUT2D eigenvalue weighted by Crippen LogP contribution is -2.28. The summed E-state index contributed by atoms with van der Waals surface area (Å²) < 4.78 is 1.75. The van der Waals surface area contributed by atoms with Gasteiger partial charge < -0.3 is 10.6 Å². The lowest BCUT2D eigenvalue weighted by molar-refractivity contribution is 0.636. The first-order chi connectivity index (χ1) is 10.3. The quantitative estimate of drug-likeness (QED) is 0.906. The van der Waals surface area contributed by atoms with Gasteiger partial charge in [-0.2, -0.15) is 15.0 Å². The minimum atomic E-state index is 0.253. The molecular weight excluding hydrogens is 266 g/mol. The van der Waals surface area contributed by atoms with Crippen LogP contribution in [0.5, 0.6) is 0 Å². The van der Waals surface area contributed by atoms with E-state index < -0.39 is 0 Å². The first kappa shape index (κ1) is 13.8. The molecule has 2 N–H and O–H groups in total. The first-order valence-electron chi connectivity index (χ1n) is 7.58. The second-order valence-corrected chi connectivity index (χ2v) is 5.37. The molecule has 0 bridgehead atoms. The van der Waals surface area contributed by atoms with Crippen molar-refractivity contribution in [1.29, 1.82) is 0 Å². The van der Waals surface area contributed by atoms with Gasteiger partial charge in [0.05, 0.1) is 0 Å². The highest BCUT2D eigenvalue weighted by Crippen LogP contribution is 2.17. The average molecular weight is 287 g/mol. The van der Waals surface area contributed by atoms with E-state index in [2.05, 4.69) is 24.8 Å². The molecule has 1 aliphatic rings. The van der Waals surface area contributed by atoms with Gasteiger partial charge in [-0.1, -0.05) is 25.7 Å². The van der Waals surface area contributed by atoms with Crippen molar-refractivity contribution in [1.82, 2.24) is 24.5 Å². The number of hydrogen-bond acceptors (Lipinski definition) is 6.